The molecule has 1 aliphatic heterocycles. The smallest absolute Gasteiger partial charge is 0.0900 e. The fraction of sp³-hybridized carbons (Fsp3) is 0.471. The maximum atomic E-state index is 4.47. The maximum Gasteiger partial charge on any atom is 0.0900 e. The lowest BCUT2D eigenvalue weighted by molar-refractivity contribution is 0.578. The molecule has 1 aromatic heterocycles. The van der Waals surface area contributed by atoms with E-state index in [1.807, 2.05) is 0 Å². The SMILES string of the molecule is Cc1nc(C)c(CNc2ccc(N3CCCCC3)cc2)s1. The molecule has 3 nitrogen and oxygen atoms in total. The Morgan fingerprint density at radius 1 is 1.10 bits per heavy atom. The molecule has 1 fully saturated rings. The van der Waals surface area contributed by atoms with Crippen molar-refractivity contribution in [3.63, 3.8) is 0 Å². The van der Waals surface area contributed by atoms with Crippen molar-refractivity contribution in [3.8, 4) is 0 Å². The maximum absolute atomic E-state index is 4.47. The Morgan fingerprint density at radius 2 is 1.81 bits per heavy atom. The van der Waals surface area contributed by atoms with Crippen LogP contribution in [0.4, 0.5) is 11.4 Å². The normalized spacial score (nSPS) is 15.2. The summed E-state index contributed by atoms with van der Waals surface area (Å²) in [6.07, 6.45) is 4.03. The minimum Gasteiger partial charge on any atom is -0.380 e. The number of anilines is 2. The third kappa shape index (κ3) is 3.56. The van der Waals surface area contributed by atoms with Crippen LogP contribution in [0.5, 0.6) is 0 Å². The minimum atomic E-state index is 0.862. The summed E-state index contributed by atoms with van der Waals surface area (Å²) < 4.78 is 0. The van der Waals surface area contributed by atoms with Crippen molar-refractivity contribution in [2.75, 3.05) is 23.3 Å². The summed E-state index contributed by atoms with van der Waals surface area (Å²) in [5.41, 5.74) is 3.68. The molecule has 0 aliphatic carbocycles. The van der Waals surface area contributed by atoms with Gasteiger partial charge in [-0.15, -0.1) is 11.3 Å². The number of benzene rings is 1. The van der Waals surface area contributed by atoms with E-state index in [0.29, 0.717) is 0 Å². The minimum absolute atomic E-state index is 0.862. The number of rotatable bonds is 4. The zero-order chi connectivity index (χ0) is 14.7. The Balaban J connectivity index is 1.60. The van der Waals surface area contributed by atoms with Crippen molar-refractivity contribution in [2.45, 2.75) is 39.7 Å². The summed E-state index contributed by atoms with van der Waals surface area (Å²) in [5, 5.41) is 4.64. The van der Waals surface area contributed by atoms with Gasteiger partial charge in [0.2, 0.25) is 0 Å². The van der Waals surface area contributed by atoms with E-state index in [2.05, 4.69) is 53.3 Å². The van der Waals surface area contributed by atoms with Crippen molar-refractivity contribution in [3.05, 3.63) is 39.8 Å². The molecule has 0 amide bonds. The number of nitrogens with one attached hydrogen (secondary N) is 1. The molecule has 3 rings (SSSR count). The van der Waals surface area contributed by atoms with E-state index in [9.17, 15) is 0 Å². The Morgan fingerprint density at radius 3 is 2.43 bits per heavy atom. The molecule has 2 aromatic rings. The summed E-state index contributed by atoms with van der Waals surface area (Å²) in [6, 6.07) is 8.84. The van der Waals surface area contributed by atoms with E-state index >= 15 is 0 Å². The fourth-order valence-corrected chi connectivity index (χ4v) is 3.74. The summed E-state index contributed by atoms with van der Waals surface area (Å²) >= 11 is 1.78. The van der Waals surface area contributed by atoms with Crippen LogP contribution in [0.25, 0.3) is 0 Å². The van der Waals surface area contributed by atoms with Gasteiger partial charge in [0.15, 0.2) is 0 Å². The first-order valence-corrected chi connectivity index (χ1v) is 8.56. The topological polar surface area (TPSA) is 28.2 Å². The van der Waals surface area contributed by atoms with Crippen molar-refractivity contribution in [1.82, 2.24) is 4.98 Å². The third-order valence-corrected chi connectivity index (χ3v) is 5.11. The van der Waals surface area contributed by atoms with Gasteiger partial charge in [-0.1, -0.05) is 0 Å². The number of hydrogen-bond donors (Lipinski definition) is 1. The van der Waals surface area contributed by atoms with E-state index < -0.39 is 0 Å². The molecule has 1 aromatic carbocycles. The number of piperidine rings is 1. The molecule has 1 saturated heterocycles. The van der Waals surface area contributed by atoms with Gasteiger partial charge in [0.25, 0.3) is 0 Å². The molecular weight excluding hydrogens is 278 g/mol. The standard InChI is InChI=1S/C17H23N3S/c1-13-17(21-14(2)19-13)12-18-15-6-8-16(9-7-15)20-10-4-3-5-11-20/h6-9,18H,3-5,10-12H2,1-2H3. The van der Waals surface area contributed by atoms with Gasteiger partial charge in [-0.3, -0.25) is 0 Å². The van der Waals surface area contributed by atoms with E-state index in [0.717, 1.165) is 17.2 Å². The molecule has 0 radical (unpaired) electrons. The molecule has 0 spiro atoms. The van der Waals surface area contributed by atoms with E-state index in [1.54, 1.807) is 11.3 Å². The van der Waals surface area contributed by atoms with E-state index in [1.165, 1.54) is 48.6 Å². The van der Waals surface area contributed by atoms with Gasteiger partial charge in [0.1, 0.15) is 0 Å². The lowest BCUT2D eigenvalue weighted by Gasteiger charge is -2.28. The molecule has 4 heteroatoms. The second-order valence-corrected chi connectivity index (χ2v) is 6.98. The van der Waals surface area contributed by atoms with Gasteiger partial charge in [-0.2, -0.15) is 0 Å². The predicted octanol–water partition coefficient (Wildman–Crippen LogP) is 4.36. The average Bonchev–Trinajstić information content (AvgIpc) is 2.84. The Labute approximate surface area is 131 Å². The van der Waals surface area contributed by atoms with Gasteiger partial charge in [0, 0.05) is 29.3 Å². The van der Waals surface area contributed by atoms with Crippen LogP contribution >= 0.6 is 11.3 Å². The molecule has 1 N–H and O–H groups in total. The van der Waals surface area contributed by atoms with Crippen LogP contribution in [0.3, 0.4) is 0 Å². The molecule has 1 aliphatic rings. The lowest BCUT2D eigenvalue weighted by atomic mass is 10.1. The molecular formula is C17H23N3S. The highest BCUT2D eigenvalue weighted by Crippen LogP contribution is 2.23. The van der Waals surface area contributed by atoms with Crippen LogP contribution in [0.2, 0.25) is 0 Å². The number of thiazole rings is 1. The van der Waals surface area contributed by atoms with Crippen LogP contribution in [0, 0.1) is 13.8 Å². The highest BCUT2D eigenvalue weighted by Gasteiger charge is 2.10. The lowest BCUT2D eigenvalue weighted by Crippen LogP contribution is -2.29. The van der Waals surface area contributed by atoms with Gasteiger partial charge in [-0.05, 0) is 57.4 Å². The van der Waals surface area contributed by atoms with Crippen LogP contribution in [-0.2, 0) is 6.54 Å². The highest BCUT2D eigenvalue weighted by molar-refractivity contribution is 7.11. The van der Waals surface area contributed by atoms with Gasteiger partial charge in [0.05, 0.1) is 17.2 Å². The zero-order valence-electron chi connectivity index (χ0n) is 12.9. The first kappa shape index (κ1) is 14.4. The van der Waals surface area contributed by atoms with Crippen LogP contribution < -0.4 is 10.2 Å². The number of aryl methyl sites for hydroxylation is 2. The van der Waals surface area contributed by atoms with Crippen molar-refractivity contribution in [1.29, 1.82) is 0 Å². The van der Waals surface area contributed by atoms with E-state index in [4.69, 9.17) is 0 Å². The highest BCUT2D eigenvalue weighted by atomic mass is 32.1. The summed E-state index contributed by atoms with van der Waals surface area (Å²) in [4.78, 5) is 8.29. The van der Waals surface area contributed by atoms with Gasteiger partial charge >= 0.3 is 0 Å². The molecule has 0 saturated carbocycles. The molecule has 112 valence electrons. The Bertz CT molecular complexity index is 583. The summed E-state index contributed by atoms with van der Waals surface area (Å²) in [7, 11) is 0. The first-order chi connectivity index (χ1) is 10.2. The number of nitrogens with zero attached hydrogens (tertiary/aromatic N) is 2. The predicted molar refractivity (Wildman–Crippen MR) is 91.4 cm³/mol. The second-order valence-electron chi connectivity index (χ2n) is 5.69. The molecule has 0 unspecified atom stereocenters. The summed E-state index contributed by atoms with van der Waals surface area (Å²) in [6.45, 7) is 7.41. The van der Waals surface area contributed by atoms with Crippen molar-refractivity contribution < 1.29 is 0 Å². The zero-order valence-corrected chi connectivity index (χ0v) is 13.7. The quantitative estimate of drug-likeness (QED) is 0.909. The molecule has 21 heavy (non-hydrogen) atoms. The van der Waals surface area contributed by atoms with Crippen LogP contribution in [-0.4, -0.2) is 18.1 Å². The van der Waals surface area contributed by atoms with Crippen LogP contribution in [0.1, 0.15) is 34.8 Å². The second kappa shape index (κ2) is 6.48. The number of hydrogen-bond acceptors (Lipinski definition) is 4. The first-order valence-electron chi connectivity index (χ1n) is 7.74. The Kier molecular flexibility index (Phi) is 4.44. The van der Waals surface area contributed by atoms with Crippen molar-refractivity contribution >= 4 is 22.7 Å². The van der Waals surface area contributed by atoms with Crippen LogP contribution in [0.15, 0.2) is 24.3 Å². The molecule has 2 heterocycles. The average molecular weight is 301 g/mol. The van der Waals surface area contributed by atoms with Gasteiger partial charge < -0.3 is 10.2 Å². The molecule has 0 bridgehead atoms. The monoisotopic (exact) mass is 301 g/mol. The third-order valence-electron chi connectivity index (χ3n) is 4.04. The van der Waals surface area contributed by atoms with Gasteiger partial charge in [-0.25, -0.2) is 4.98 Å². The fourth-order valence-electron chi connectivity index (χ4n) is 2.86. The molecule has 0 atom stereocenters. The van der Waals surface area contributed by atoms with Crippen molar-refractivity contribution in [2.24, 2.45) is 0 Å². The summed E-state index contributed by atoms with van der Waals surface area (Å²) in [5.74, 6) is 0. The Hall–Kier alpha value is -1.55. The van der Waals surface area contributed by atoms with E-state index in [-0.39, 0.29) is 0 Å². The largest absolute Gasteiger partial charge is 0.380 e. The number of aromatic nitrogens is 1.